The zero-order valence-electron chi connectivity index (χ0n) is 10.3. The summed E-state index contributed by atoms with van der Waals surface area (Å²) in [6, 6.07) is 7.08. The molecule has 0 radical (unpaired) electrons. The Kier molecular flexibility index (Phi) is 4.15. The third-order valence-corrected chi connectivity index (χ3v) is 2.44. The lowest BCUT2D eigenvalue weighted by molar-refractivity contribution is 0.397. The molecule has 1 atom stereocenters. The van der Waals surface area contributed by atoms with Gasteiger partial charge in [0.1, 0.15) is 5.75 Å². The Morgan fingerprint density at radius 1 is 1.20 bits per heavy atom. The van der Waals surface area contributed by atoms with Crippen LogP contribution in [0.1, 0.15) is 37.9 Å². The zero-order valence-corrected chi connectivity index (χ0v) is 10.3. The molecule has 0 saturated heterocycles. The molecule has 0 aromatic heterocycles. The molecule has 0 amide bonds. The van der Waals surface area contributed by atoms with Crippen LogP contribution in [0.15, 0.2) is 18.2 Å². The predicted octanol–water partition coefficient (Wildman–Crippen LogP) is 3.06. The zero-order chi connectivity index (χ0) is 11.4. The van der Waals surface area contributed by atoms with Crippen LogP contribution in [0, 0.1) is 6.92 Å². The topological polar surface area (TPSA) is 21.3 Å². The number of hydrogen-bond donors (Lipinski definition) is 1. The standard InChI is InChI=1S/C13H21NO/c1-9(2)14-11(4)12-8-10(3)6-7-13(12)15-5/h6-9,11,14H,1-5H3. The number of rotatable bonds is 4. The largest absolute Gasteiger partial charge is 0.496 e. The summed E-state index contributed by atoms with van der Waals surface area (Å²) in [5, 5.41) is 3.48. The van der Waals surface area contributed by atoms with Gasteiger partial charge in [-0.2, -0.15) is 0 Å². The lowest BCUT2D eigenvalue weighted by atomic mass is 10.0. The maximum absolute atomic E-state index is 5.36. The molecule has 1 aromatic carbocycles. The Bertz CT molecular complexity index is 320. The molecular formula is C13H21NO. The van der Waals surface area contributed by atoms with Crippen molar-refractivity contribution in [2.75, 3.05) is 7.11 Å². The van der Waals surface area contributed by atoms with E-state index < -0.39 is 0 Å². The third kappa shape index (κ3) is 3.24. The van der Waals surface area contributed by atoms with E-state index in [0.717, 1.165) is 5.75 Å². The van der Waals surface area contributed by atoms with Crippen molar-refractivity contribution in [2.45, 2.75) is 39.8 Å². The Hall–Kier alpha value is -1.02. The molecule has 2 nitrogen and oxygen atoms in total. The summed E-state index contributed by atoms with van der Waals surface area (Å²) in [4.78, 5) is 0. The smallest absolute Gasteiger partial charge is 0.123 e. The van der Waals surface area contributed by atoms with Gasteiger partial charge in [-0.15, -0.1) is 0 Å². The fraction of sp³-hybridized carbons (Fsp3) is 0.538. The molecule has 84 valence electrons. The van der Waals surface area contributed by atoms with E-state index in [-0.39, 0.29) is 0 Å². The SMILES string of the molecule is COc1ccc(C)cc1C(C)NC(C)C. The second kappa shape index (κ2) is 5.17. The minimum atomic E-state index is 0.319. The Morgan fingerprint density at radius 2 is 1.87 bits per heavy atom. The maximum atomic E-state index is 5.36. The summed E-state index contributed by atoms with van der Waals surface area (Å²) in [7, 11) is 1.72. The minimum Gasteiger partial charge on any atom is -0.496 e. The molecule has 1 rings (SSSR count). The molecular weight excluding hydrogens is 186 g/mol. The first-order chi connectivity index (χ1) is 7.04. The van der Waals surface area contributed by atoms with E-state index in [4.69, 9.17) is 4.74 Å². The van der Waals surface area contributed by atoms with Crippen molar-refractivity contribution >= 4 is 0 Å². The molecule has 0 bridgehead atoms. The molecule has 1 N–H and O–H groups in total. The van der Waals surface area contributed by atoms with Gasteiger partial charge >= 0.3 is 0 Å². The molecule has 0 fully saturated rings. The van der Waals surface area contributed by atoms with Gasteiger partial charge in [0, 0.05) is 17.6 Å². The lowest BCUT2D eigenvalue weighted by Gasteiger charge is -2.20. The van der Waals surface area contributed by atoms with Crippen molar-refractivity contribution in [1.82, 2.24) is 5.32 Å². The molecule has 0 aliphatic carbocycles. The van der Waals surface area contributed by atoms with Crippen molar-refractivity contribution in [2.24, 2.45) is 0 Å². The number of hydrogen-bond acceptors (Lipinski definition) is 2. The van der Waals surface area contributed by atoms with E-state index in [1.165, 1.54) is 11.1 Å². The fourth-order valence-corrected chi connectivity index (χ4v) is 1.78. The second-order valence-electron chi connectivity index (χ2n) is 4.29. The molecule has 0 spiro atoms. The Labute approximate surface area is 92.6 Å². The average Bonchev–Trinajstić information content (AvgIpc) is 2.16. The van der Waals surface area contributed by atoms with Crippen LogP contribution in [-0.4, -0.2) is 13.2 Å². The van der Waals surface area contributed by atoms with Gasteiger partial charge in [-0.1, -0.05) is 31.5 Å². The second-order valence-corrected chi connectivity index (χ2v) is 4.29. The molecule has 1 unspecified atom stereocenters. The van der Waals surface area contributed by atoms with Crippen LogP contribution in [0.3, 0.4) is 0 Å². The first-order valence-corrected chi connectivity index (χ1v) is 5.45. The predicted molar refractivity (Wildman–Crippen MR) is 64.4 cm³/mol. The van der Waals surface area contributed by atoms with Gasteiger partial charge in [-0.3, -0.25) is 0 Å². The first kappa shape index (κ1) is 12.1. The molecule has 1 aromatic rings. The highest BCUT2D eigenvalue weighted by Gasteiger charge is 2.11. The summed E-state index contributed by atoms with van der Waals surface area (Å²) in [5.74, 6) is 0.959. The summed E-state index contributed by atoms with van der Waals surface area (Å²) in [5.41, 5.74) is 2.49. The van der Waals surface area contributed by atoms with Crippen molar-refractivity contribution in [3.63, 3.8) is 0 Å². The number of ether oxygens (including phenoxy) is 1. The van der Waals surface area contributed by atoms with Crippen molar-refractivity contribution in [3.05, 3.63) is 29.3 Å². The molecule has 0 aliphatic rings. The molecule has 0 heterocycles. The van der Waals surface area contributed by atoms with Gasteiger partial charge in [-0.05, 0) is 19.9 Å². The third-order valence-electron chi connectivity index (χ3n) is 2.44. The van der Waals surface area contributed by atoms with Crippen LogP contribution in [0.25, 0.3) is 0 Å². The fourth-order valence-electron chi connectivity index (χ4n) is 1.78. The van der Waals surface area contributed by atoms with Crippen LogP contribution >= 0.6 is 0 Å². The first-order valence-electron chi connectivity index (χ1n) is 5.45. The van der Waals surface area contributed by atoms with Crippen LogP contribution in [-0.2, 0) is 0 Å². The Balaban J connectivity index is 2.94. The molecule has 0 aliphatic heterocycles. The normalized spacial score (nSPS) is 12.9. The summed E-state index contributed by atoms with van der Waals surface area (Å²) < 4.78 is 5.36. The van der Waals surface area contributed by atoms with E-state index in [1.807, 2.05) is 6.07 Å². The van der Waals surface area contributed by atoms with Gasteiger partial charge in [0.05, 0.1) is 7.11 Å². The maximum Gasteiger partial charge on any atom is 0.123 e. The number of benzene rings is 1. The van der Waals surface area contributed by atoms with Crippen LogP contribution in [0.4, 0.5) is 0 Å². The average molecular weight is 207 g/mol. The number of aryl methyl sites for hydroxylation is 1. The highest BCUT2D eigenvalue weighted by molar-refractivity contribution is 5.38. The van der Waals surface area contributed by atoms with E-state index >= 15 is 0 Å². The Morgan fingerprint density at radius 3 is 2.40 bits per heavy atom. The van der Waals surface area contributed by atoms with Crippen LogP contribution < -0.4 is 10.1 Å². The number of nitrogens with one attached hydrogen (secondary N) is 1. The van der Waals surface area contributed by atoms with E-state index in [0.29, 0.717) is 12.1 Å². The highest BCUT2D eigenvalue weighted by atomic mass is 16.5. The summed E-state index contributed by atoms with van der Waals surface area (Å²) in [6.07, 6.45) is 0. The summed E-state index contributed by atoms with van der Waals surface area (Å²) in [6.45, 7) is 8.57. The van der Waals surface area contributed by atoms with Crippen LogP contribution in [0.5, 0.6) is 5.75 Å². The van der Waals surface area contributed by atoms with Gasteiger partial charge in [0.2, 0.25) is 0 Å². The minimum absolute atomic E-state index is 0.319. The monoisotopic (exact) mass is 207 g/mol. The quantitative estimate of drug-likeness (QED) is 0.819. The van der Waals surface area contributed by atoms with Gasteiger partial charge in [0.25, 0.3) is 0 Å². The van der Waals surface area contributed by atoms with E-state index in [9.17, 15) is 0 Å². The van der Waals surface area contributed by atoms with Gasteiger partial charge < -0.3 is 10.1 Å². The van der Waals surface area contributed by atoms with Crippen molar-refractivity contribution < 1.29 is 4.74 Å². The van der Waals surface area contributed by atoms with Gasteiger partial charge in [-0.25, -0.2) is 0 Å². The van der Waals surface area contributed by atoms with E-state index in [2.05, 4.69) is 45.1 Å². The number of methoxy groups -OCH3 is 1. The van der Waals surface area contributed by atoms with Crippen molar-refractivity contribution in [3.8, 4) is 5.75 Å². The lowest BCUT2D eigenvalue weighted by Crippen LogP contribution is -2.26. The molecule has 15 heavy (non-hydrogen) atoms. The van der Waals surface area contributed by atoms with Crippen LogP contribution in [0.2, 0.25) is 0 Å². The molecule has 0 saturated carbocycles. The highest BCUT2D eigenvalue weighted by Crippen LogP contribution is 2.26. The van der Waals surface area contributed by atoms with E-state index in [1.54, 1.807) is 7.11 Å². The molecule has 2 heteroatoms. The summed E-state index contributed by atoms with van der Waals surface area (Å²) >= 11 is 0. The van der Waals surface area contributed by atoms with Gasteiger partial charge in [0.15, 0.2) is 0 Å². The van der Waals surface area contributed by atoms with Crippen molar-refractivity contribution in [1.29, 1.82) is 0 Å².